The summed E-state index contributed by atoms with van der Waals surface area (Å²) in [5.41, 5.74) is 0. The van der Waals surface area contributed by atoms with Crippen LogP contribution < -0.4 is 5.32 Å². The zero-order chi connectivity index (χ0) is 11.4. The van der Waals surface area contributed by atoms with E-state index in [2.05, 4.69) is 19.2 Å². The summed E-state index contributed by atoms with van der Waals surface area (Å²) in [6, 6.07) is 0.614. The number of rotatable bonds is 6. The van der Waals surface area contributed by atoms with Crippen molar-refractivity contribution >= 4 is 0 Å². The molecule has 1 aliphatic carbocycles. The molecule has 2 heteroatoms. The summed E-state index contributed by atoms with van der Waals surface area (Å²) in [6.45, 7) is 6.70. The lowest BCUT2D eigenvalue weighted by Crippen LogP contribution is -2.44. The van der Waals surface area contributed by atoms with Crippen molar-refractivity contribution in [2.75, 3.05) is 13.2 Å². The Morgan fingerprint density at radius 1 is 1.31 bits per heavy atom. The molecule has 1 N–H and O–H groups in total. The van der Waals surface area contributed by atoms with Crippen molar-refractivity contribution in [3.63, 3.8) is 0 Å². The van der Waals surface area contributed by atoms with Gasteiger partial charge in [0, 0.05) is 12.6 Å². The predicted octanol–water partition coefficient (Wildman–Crippen LogP) is 2.97. The minimum atomic E-state index is 0.479. The lowest BCUT2D eigenvalue weighted by atomic mass is 9.78. The molecule has 1 aliphatic heterocycles. The first-order valence-corrected chi connectivity index (χ1v) is 7.16. The lowest BCUT2D eigenvalue weighted by molar-refractivity contribution is 0.0473. The van der Waals surface area contributed by atoms with Crippen LogP contribution in [0.25, 0.3) is 0 Å². The quantitative estimate of drug-likeness (QED) is 0.750. The van der Waals surface area contributed by atoms with Crippen LogP contribution in [0.5, 0.6) is 0 Å². The molecule has 0 aromatic carbocycles. The summed E-state index contributed by atoms with van der Waals surface area (Å²) in [5.74, 6) is 1.72. The minimum absolute atomic E-state index is 0.479. The fourth-order valence-electron chi connectivity index (χ4n) is 2.98. The van der Waals surface area contributed by atoms with Crippen molar-refractivity contribution in [1.29, 1.82) is 0 Å². The van der Waals surface area contributed by atoms with Gasteiger partial charge in [-0.2, -0.15) is 0 Å². The third-order valence-electron chi connectivity index (χ3n) is 4.31. The Labute approximate surface area is 100 Å². The van der Waals surface area contributed by atoms with Gasteiger partial charge in [-0.05, 0) is 37.6 Å². The second kappa shape index (κ2) is 6.02. The van der Waals surface area contributed by atoms with Gasteiger partial charge in [0.2, 0.25) is 0 Å². The fraction of sp³-hybridized carbons (Fsp3) is 1.00. The average molecular weight is 225 g/mol. The molecule has 2 nitrogen and oxygen atoms in total. The molecule has 16 heavy (non-hydrogen) atoms. The molecule has 2 rings (SSSR count). The minimum Gasteiger partial charge on any atom is -0.376 e. The van der Waals surface area contributed by atoms with Crippen LogP contribution >= 0.6 is 0 Å². The Bertz CT molecular complexity index is 203. The highest BCUT2D eigenvalue weighted by Crippen LogP contribution is 2.34. The zero-order valence-electron chi connectivity index (χ0n) is 10.9. The van der Waals surface area contributed by atoms with E-state index < -0.39 is 0 Å². The normalized spacial score (nSPS) is 32.6. The molecule has 0 amide bonds. The third kappa shape index (κ3) is 2.98. The Balaban J connectivity index is 1.84. The van der Waals surface area contributed by atoms with E-state index in [-0.39, 0.29) is 0 Å². The molecule has 2 fully saturated rings. The van der Waals surface area contributed by atoms with Gasteiger partial charge in [0.1, 0.15) is 0 Å². The topological polar surface area (TPSA) is 21.3 Å². The molecule has 0 spiro atoms. The van der Waals surface area contributed by atoms with Crippen molar-refractivity contribution in [1.82, 2.24) is 5.32 Å². The maximum atomic E-state index is 5.93. The average Bonchev–Trinajstić information content (AvgIpc) is 2.62. The summed E-state index contributed by atoms with van der Waals surface area (Å²) in [7, 11) is 0. The second-order valence-electron chi connectivity index (χ2n) is 5.69. The summed E-state index contributed by atoms with van der Waals surface area (Å²) in [6.07, 6.45) is 8.65. The SMILES string of the molecule is CCCNC(CC1CCC1)C1OCCC1C. The van der Waals surface area contributed by atoms with E-state index in [1.165, 1.54) is 38.5 Å². The molecule has 2 aliphatic rings. The fourth-order valence-corrected chi connectivity index (χ4v) is 2.98. The van der Waals surface area contributed by atoms with Crippen LogP contribution in [-0.2, 0) is 4.74 Å². The smallest absolute Gasteiger partial charge is 0.0754 e. The summed E-state index contributed by atoms with van der Waals surface area (Å²) in [4.78, 5) is 0. The predicted molar refractivity (Wildman–Crippen MR) is 67.6 cm³/mol. The van der Waals surface area contributed by atoms with Crippen molar-refractivity contribution in [2.45, 2.75) is 64.5 Å². The van der Waals surface area contributed by atoms with Crippen molar-refractivity contribution in [3.05, 3.63) is 0 Å². The van der Waals surface area contributed by atoms with Crippen molar-refractivity contribution < 1.29 is 4.74 Å². The molecule has 0 aromatic heterocycles. The molecule has 3 atom stereocenters. The van der Waals surface area contributed by atoms with E-state index in [4.69, 9.17) is 4.74 Å². The van der Waals surface area contributed by atoms with E-state index in [1.54, 1.807) is 0 Å². The molecular weight excluding hydrogens is 198 g/mol. The first-order chi connectivity index (χ1) is 7.81. The highest BCUT2D eigenvalue weighted by Gasteiger charge is 2.34. The van der Waals surface area contributed by atoms with Crippen molar-refractivity contribution in [2.24, 2.45) is 11.8 Å². The molecule has 0 radical (unpaired) electrons. The van der Waals surface area contributed by atoms with E-state index in [0.29, 0.717) is 12.1 Å². The zero-order valence-corrected chi connectivity index (χ0v) is 10.9. The number of nitrogens with one attached hydrogen (secondary N) is 1. The Morgan fingerprint density at radius 2 is 2.12 bits per heavy atom. The summed E-state index contributed by atoms with van der Waals surface area (Å²) in [5, 5.41) is 3.72. The number of hydrogen-bond acceptors (Lipinski definition) is 2. The molecule has 94 valence electrons. The largest absolute Gasteiger partial charge is 0.376 e. The molecule has 1 heterocycles. The van der Waals surface area contributed by atoms with Gasteiger partial charge in [0.05, 0.1) is 6.10 Å². The maximum absolute atomic E-state index is 5.93. The Kier molecular flexibility index (Phi) is 4.66. The second-order valence-corrected chi connectivity index (χ2v) is 5.69. The Morgan fingerprint density at radius 3 is 2.62 bits per heavy atom. The van der Waals surface area contributed by atoms with Crippen LogP contribution in [0, 0.1) is 11.8 Å². The van der Waals surface area contributed by atoms with Crippen LogP contribution in [0.15, 0.2) is 0 Å². The van der Waals surface area contributed by atoms with E-state index in [1.807, 2.05) is 0 Å². The van der Waals surface area contributed by atoms with E-state index >= 15 is 0 Å². The highest BCUT2D eigenvalue weighted by atomic mass is 16.5. The first kappa shape index (κ1) is 12.4. The van der Waals surface area contributed by atoms with Crippen LogP contribution in [-0.4, -0.2) is 25.3 Å². The monoisotopic (exact) mass is 225 g/mol. The van der Waals surface area contributed by atoms with Gasteiger partial charge in [-0.15, -0.1) is 0 Å². The van der Waals surface area contributed by atoms with Crippen LogP contribution in [0.4, 0.5) is 0 Å². The summed E-state index contributed by atoms with van der Waals surface area (Å²) >= 11 is 0. The lowest BCUT2D eigenvalue weighted by Gasteiger charge is -2.34. The number of hydrogen-bond donors (Lipinski definition) is 1. The molecule has 1 saturated heterocycles. The molecular formula is C14H27NO. The van der Waals surface area contributed by atoms with Crippen LogP contribution in [0.3, 0.4) is 0 Å². The molecule has 0 aromatic rings. The van der Waals surface area contributed by atoms with E-state index in [0.717, 1.165) is 25.0 Å². The van der Waals surface area contributed by atoms with E-state index in [9.17, 15) is 0 Å². The van der Waals surface area contributed by atoms with Crippen molar-refractivity contribution in [3.8, 4) is 0 Å². The van der Waals surface area contributed by atoms with Crippen LogP contribution in [0.1, 0.15) is 52.4 Å². The summed E-state index contributed by atoms with van der Waals surface area (Å²) < 4.78 is 5.93. The van der Waals surface area contributed by atoms with Gasteiger partial charge in [-0.1, -0.05) is 33.1 Å². The third-order valence-corrected chi connectivity index (χ3v) is 4.31. The Hall–Kier alpha value is -0.0800. The first-order valence-electron chi connectivity index (χ1n) is 7.16. The standard InChI is InChI=1S/C14H27NO/c1-3-8-15-13(10-12-5-4-6-12)14-11(2)7-9-16-14/h11-15H,3-10H2,1-2H3. The maximum Gasteiger partial charge on any atom is 0.0754 e. The van der Waals surface area contributed by atoms with Gasteiger partial charge < -0.3 is 10.1 Å². The number of ether oxygens (including phenoxy) is 1. The van der Waals surface area contributed by atoms with Gasteiger partial charge >= 0.3 is 0 Å². The molecule has 3 unspecified atom stereocenters. The van der Waals surface area contributed by atoms with Gasteiger partial charge in [0.15, 0.2) is 0 Å². The van der Waals surface area contributed by atoms with Gasteiger partial charge in [0.25, 0.3) is 0 Å². The molecule has 0 bridgehead atoms. The molecule has 1 saturated carbocycles. The van der Waals surface area contributed by atoms with Crippen LogP contribution in [0.2, 0.25) is 0 Å². The highest BCUT2D eigenvalue weighted by molar-refractivity contribution is 4.88. The van der Waals surface area contributed by atoms with Gasteiger partial charge in [-0.3, -0.25) is 0 Å². The van der Waals surface area contributed by atoms with Gasteiger partial charge in [-0.25, -0.2) is 0 Å².